The van der Waals surface area contributed by atoms with Crippen molar-refractivity contribution in [1.29, 1.82) is 0 Å². The van der Waals surface area contributed by atoms with Crippen LogP contribution in [0.5, 0.6) is 0 Å². The molecule has 2 N–H and O–H groups in total. The van der Waals surface area contributed by atoms with E-state index in [-0.39, 0.29) is 0 Å². The maximum atomic E-state index is 12.8. The number of fused-ring (bicyclic) bond motifs is 1. The van der Waals surface area contributed by atoms with Crippen LogP contribution in [0.15, 0.2) is 40.8 Å². The topological polar surface area (TPSA) is 63.1 Å². The van der Waals surface area contributed by atoms with Crippen LogP contribution in [0.2, 0.25) is 0 Å². The molecule has 3 rings (SSSR count). The Balaban J connectivity index is 1.95. The van der Waals surface area contributed by atoms with Gasteiger partial charge in [-0.3, -0.25) is 0 Å². The van der Waals surface area contributed by atoms with Gasteiger partial charge < -0.3 is 9.88 Å². The lowest BCUT2D eigenvalue weighted by molar-refractivity contribution is 0.582. The number of benzene rings is 1. The summed E-state index contributed by atoms with van der Waals surface area (Å²) in [6, 6.07) is 7.60. The van der Waals surface area contributed by atoms with Crippen LogP contribution in [-0.4, -0.2) is 32.6 Å². The number of hydrogen-bond acceptors (Lipinski definition) is 3. The summed E-state index contributed by atoms with van der Waals surface area (Å²) in [4.78, 5) is 0.389. The third-order valence-electron chi connectivity index (χ3n) is 4.26. The summed E-state index contributed by atoms with van der Waals surface area (Å²) in [5, 5.41) is 4.00. The van der Waals surface area contributed by atoms with E-state index >= 15 is 0 Å². The fraction of sp³-hybridized carbons (Fsp3) is 0.375. The van der Waals surface area contributed by atoms with Crippen molar-refractivity contribution in [3.05, 3.63) is 41.6 Å². The predicted octanol–water partition coefficient (Wildman–Crippen LogP) is 1.68. The summed E-state index contributed by atoms with van der Waals surface area (Å²) in [5.74, 6) is 0. The summed E-state index contributed by atoms with van der Waals surface area (Å²) < 4.78 is 30.2. The Morgan fingerprint density at radius 1 is 1.32 bits per heavy atom. The molecule has 0 saturated carbocycles. The van der Waals surface area contributed by atoms with E-state index in [4.69, 9.17) is 0 Å². The van der Waals surface area contributed by atoms with E-state index in [1.54, 1.807) is 0 Å². The van der Waals surface area contributed by atoms with Crippen molar-refractivity contribution in [1.82, 2.24) is 14.6 Å². The molecule has 0 fully saturated rings. The largest absolute Gasteiger partial charge is 0.347 e. The van der Waals surface area contributed by atoms with Crippen LogP contribution in [0, 0.1) is 6.92 Å². The Hall–Kier alpha value is -1.63. The molecule has 2 heterocycles. The highest BCUT2D eigenvalue weighted by Gasteiger charge is 2.24. The van der Waals surface area contributed by atoms with Crippen molar-refractivity contribution in [2.24, 2.45) is 7.05 Å². The highest BCUT2D eigenvalue weighted by molar-refractivity contribution is 7.89. The lowest BCUT2D eigenvalue weighted by Crippen LogP contribution is -2.30. The maximum Gasteiger partial charge on any atom is 0.243 e. The number of rotatable bonds is 4. The molecule has 1 aliphatic rings. The third kappa shape index (κ3) is 2.69. The van der Waals surface area contributed by atoms with Gasteiger partial charge in [0.2, 0.25) is 10.0 Å². The van der Waals surface area contributed by atoms with Crippen LogP contribution in [-0.2, 0) is 17.1 Å². The molecule has 118 valence electrons. The molecule has 0 spiro atoms. The van der Waals surface area contributed by atoms with Crippen LogP contribution in [0.25, 0.3) is 10.9 Å². The van der Waals surface area contributed by atoms with Crippen LogP contribution in [0.1, 0.15) is 12.1 Å². The van der Waals surface area contributed by atoms with Gasteiger partial charge in [-0.2, -0.15) is 0 Å². The average Bonchev–Trinajstić information content (AvgIpc) is 2.79. The molecule has 1 aliphatic heterocycles. The van der Waals surface area contributed by atoms with Gasteiger partial charge >= 0.3 is 0 Å². The molecule has 0 unspecified atom stereocenters. The van der Waals surface area contributed by atoms with Gasteiger partial charge in [-0.1, -0.05) is 29.8 Å². The number of para-hydroxylation sites is 1. The van der Waals surface area contributed by atoms with Crippen molar-refractivity contribution in [2.45, 2.75) is 18.2 Å². The molecular formula is C16H21N3O2S. The Morgan fingerprint density at radius 3 is 2.82 bits per heavy atom. The molecule has 0 aliphatic carbocycles. The number of hydrogen-bond donors (Lipinski definition) is 2. The zero-order chi connectivity index (χ0) is 15.7. The first-order chi connectivity index (χ1) is 10.5. The van der Waals surface area contributed by atoms with E-state index in [0.29, 0.717) is 11.4 Å². The van der Waals surface area contributed by atoms with E-state index in [1.165, 1.54) is 0 Å². The summed E-state index contributed by atoms with van der Waals surface area (Å²) in [6.45, 7) is 3.94. The van der Waals surface area contributed by atoms with Gasteiger partial charge in [-0.15, -0.1) is 0 Å². The van der Waals surface area contributed by atoms with Gasteiger partial charge in [0.05, 0.1) is 0 Å². The third-order valence-corrected chi connectivity index (χ3v) is 5.83. The second-order valence-electron chi connectivity index (χ2n) is 5.63. The van der Waals surface area contributed by atoms with Crippen molar-refractivity contribution in [3.63, 3.8) is 0 Å². The van der Waals surface area contributed by atoms with Crippen LogP contribution >= 0.6 is 0 Å². The van der Waals surface area contributed by atoms with Crippen molar-refractivity contribution >= 4 is 20.9 Å². The standard InChI is InChI=1S/C16H21N3O2S/c1-12-16(14-5-3-4-6-15(14)19(12)2)22(20,21)18-11-13-7-9-17-10-8-13/h3-7,17-18H,8-11H2,1-2H3. The molecule has 1 aromatic carbocycles. The van der Waals surface area contributed by atoms with E-state index in [9.17, 15) is 8.42 Å². The fourth-order valence-corrected chi connectivity index (χ4v) is 4.42. The van der Waals surface area contributed by atoms with Crippen molar-refractivity contribution in [3.8, 4) is 0 Å². The van der Waals surface area contributed by atoms with Gasteiger partial charge in [0, 0.05) is 36.7 Å². The molecule has 0 bridgehead atoms. The molecule has 0 radical (unpaired) electrons. The Morgan fingerprint density at radius 2 is 2.09 bits per heavy atom. The SMILES string of the molecule is Cc1c(S(=O)(=O)NCC2=CCNCC2)c2ccccc2n1C. The van der Waals surface area contributed by atoms with Crippen molar-refractivity contribution < 1.29 is 8.42 Å². The molecule has 22 heavy (non-hydrogen) atoms. The average molecular weight is 319 g/mol. The normalized spacial score (nSPS) is 16.0. The monoisotopic (exact) mass is 319 g/mol. The summed E-state index contributed by atoms with van der Waals surface area (Å²) >= 11 is 0. The number of aryl methyl sites for hydroxylation is 1. The lowest BCUT2D eigenvalue weighted by Gasteiger charge is -2.15. The maximum absolute atomic E-state index is 12.8. The first kappa shape index (κ1) is 15.3. The molecule has 0 atom stereocenters. The molecule has 1 aromatic heterocycles. The minimum absolute atomic E-state index is 0.382. The van der Waals surface area contributed by atoms with Crippen LogP contribution in [0.3, 0.4) is 0 Å². The smallest absolute Gasteiger partial charge is 0.243 e. The van der Waals surface area contributed by atoms with Crippen LogP contribution in [0.4, 0.5) is 0 Å². The molecule has 5 nitrogen and oxygen atoms in total. The second kappa shape index (κ2) is 5.87. The Bertz CT molecular complexity index is 834. The van der Waals surface area contributed by atoms with E-state index in [1.807, 2.05) is 42.8 Å². The van der Waals surface area contributed by atoms with Crippen molar-refractivity contribution in [2.75, 3.05) is 19.6 Å². The van der Waals surface area contributed by atoms with Gasteiger partial charge in [-0.25, -0.2) is 13.1 Å². The van der Waals surface area contributed by atoms with Gasteiger partial charge in [-0.05, 0) is 26.0 Å². The molecule has 2 aromatic rings. The highest BCUT2D eigenvalue weighted by Crippen LogP contribution is 2.28. The first-order valence-corrected chi connectivity index (χ1v) is 8.91. The Kier molecular flexibility index (Phi) is 4.08. The minimum Gasteiger partial charge on any atom is -0.347 e. The zero-order valence-electron chi connectivity index (χ0n) is 12.9. The van der Waals surface area contributed by atoms with E-state index in [0.717, 1.165) is 41.7 Å². The molecule has 0 saturated heterocycles. The highest BCUT2D eigenvalue weighted by atomic mass is 32.2. The molecule has 0 amide bonds. The Labute approximate surface area is 131 Å². The number of aromatic nitrogens is 1. The first-order valence-electron chi connectivity index (χ1n) is 7.43. The van der Waals surface area contributed by atoms with E-state index < -0.39 is 10.0 Å². The lowest BCUT2D eigenvalue weighted by atomic mass is 10.1. The van der Waals surface area contributed by atoms with Gasteiger partial charge in [0.1, 0.15) is 4.90 Å². The van der Waals surface area contributed by atoms with Crippen LogP contribution < -0.4 is 10.0 Å². The summed E-state index contributed by atoms with van der Waals surface area (Å²) in [6.07, 6.45) is 2.94. The zero-order valence-corrected chi connectivity index (χ0v) is 13.7. The fourth-order valence-electron chi connectivity index (χ4n) is 2.92. The van der Waals surface area contributed by atoms with Gasteiger partial charge in [0.25, 0.3) is 0 Å². The number of nitrogens with zero attached hydrogens (tertiary/aromatic N) is 1. The summed E-state index contributed by atoms with van der Waals surface area (Å²) in [7, 11) is -1.63. The second-order valence-corrected chi connectivity index (χ2v) is 7.34. The minimum atomic E-state index is -3.53. The number of nitrogens with one attached hydrogen (secondary N) is 2. The number of sulfonamides is 1. The molecule has 6 heteroatoms. The van der Waals surface area contributed by atoms with Gasteiger partial charge in [0.15, 0.2) is 0 Å². The summed E-state index contributed by atoms with van der Waals surface area (Å²) in [5.41, 5.74) is 2.83. The quantitative estimate of drug-likeness (QED) is 0.843. The molecular weight excluding hydrogens is 298 g/mol. The van der Waals surface area contributed by atoms with E-state index in [2.05, 4.69) is 16.1 Å². The predicted molar refractivity (Wildman–Crippen MR) is 88.4 cm³/mol.